The third-order valence-corrected chi connectivity index (χ3v) is 5.48. The molecule has 0 spiro atoms. The van der Waals surface area contributed by atoms with E-state index in [2.05, 4.69) is 36.3 Å². The smallest absolute Gasteiger partial charge is 0.234 e. The number of carbonyl (C=O) groups is 1. The Kier molecular flexibility index (Phi) is 5.94. The van der Waals surface area contributed by atoms with Crippen LogP contribution in [0.3, 0.4) is 0 Å². The van der Waals surface area contributed by atoms with E-state index in [-0.39, 0.29) is 17.9 Å². The highest BCUT2D eigenvalue weighted by molar-refractivity contribution is 6.01. The average Bonchev–Trinajstić information content (AvgIpc) is 3.24. The summed E-state index contributed by atoms with van der Waals surface area (Å²) in [6.07, 6.45) is 0.560. The van der Waals surface area contributed by atoms with Crippen molar-refractivity contribution in [2.45, 2.75) is 25.4 Å². The van der Waals surface area contributed by atoms with E-state index in [0.29, 0.717) is 13.0 Å². The largest absolute Gasteiger partial charge is 0.390 e. The lowest BCUT2D eigenvalue weighted by molar-refractivity contribution is -0.132. The molecule has 152 valence electrons. The highest BCUT2D eigenvalue weighted by atomic mass is 16.6. The quantitative estimate of drug-likeness (QED) is 0.600. The summed E-state index contributed by atoms with van der Waals surface area (Å²) < 4.78 is 0. The molecule has 0 fully saturated rings. The van der Waals surface area contributed by atoms with E-state index in [1.165, 1.54) is 5.56 Å². The van der Waals surface area contributed by atoms with E-state index in [1.807, 2.05) is 67.7 Å². The number of hydrogen-bond acceptors (Lipinski definition) is 3. The molecule has 1 atom stereocenters. The van der Waals surface area contributed by atoms with Gasteiger partial charge in [0.05, 0.1) is 18.2 Å². The fourth-order valence-corrected chi connectivity index (χ4v) is 3.83. The summed E-state index contributed by atoms with van der Waals surface area (Å²) in [5.41, 5.74) is 5.20. The minimum absolute atomic E-state index is 0.0554. The van der Waals surface area contributed by atoms with E-state index in [1.54, 1.807) is 4.90 Å². The Morgan fingerprint density at radius 1 is 0.967 bits per heavy atom. The maximum Gasteiger partial charge on any atom is 0.234 e. The molecule has 3 aromatic carbocycles. The van der Waals surface area contributed by atoms with Gasteiger partial charge in [0.15, 0.2) is 6.10 Å². The normalized spacial score (nSPS) is 15.6. The summed E-state index contributed by atoms with van der Waals surface area (Å²) >= 11 is 0. The highest BCUT2D eigenvalue weighted by Crippen LogP contribution is 2.27. The first-order valence-corrected chi connectivity index (χ1v) is 10.3. The maximum absolute atomic E-state index is 13.5. The van der Waals surface area contributed by atoms with Crippen molar-refractivity contribution in [3.8, 4) is 0 Å². The summed E-state index contributed by atoms with van der Waals surface area (Å²) in [7, 11) is 1.84. The number of hydrogen-bond donors (Lipinski definition) is 0. The molecule has 4 nitrogen and oxygen atoms in total. The Morgan fingerprint density at radius 3 is 2.10 bits per heavy atom. The van der Waals surface area contributed by atoms with Crippen LogP contribution in [-0.2, 0) is 9.63 Å². The van der Waals surface area contributed by atoms with Crippen LogP contribution in [0.1, 0.15) is 34.6 Å². The monoisotopic (exact) mass is 398 g/mol. The Bertz CT molecular complexity index is 974. The molecule has 3 aromatic rings. The summed E-state index contributed by atoms with van der Waals surface area (Å²) in [6, 6.07) is 28.1. The summed E-state index contributed by atoms with van der Waals surface area (Å²) in [4.78, 5) is 20.9. The summed E-state index contributed by atoms with van der Waals surface area (Å²) in [5.74, 6) is -0.281. The van der Waals surface area contributed by atoms with Crippen molar-refractivity contribution in [1.29, 1.82) is 0 Å². The lowest BCUT2D eigenvalue weighted by atomic mass is 9.90. The second-order valence-electron chi connectivity index (χ2n) is 7.81. The molecule has 30 heavy (non-hydrogen) atoms. The van der Waals surface area contributed by atoms with Crippen molar-refractivity contribution < 1.29 is 9.63 Å². The van der Waals surface area contributed by atoms with E-state index in [0.717, 1.165) is 22.4 Å². The second-order valence-corrected chi connectivity index (χ2v) is 7.81. The molecule has 0 N–H and O–H groups in total. The molecular weight excluding hydrogens is 372 g/mol. The van der Waals surface area contributed by atoms with Crippen molar-refractivity contribution in [1.82, 2.24) is 4.90 Å². The lowest BCUT2D eigenvalue weighted by Gasteiger charge is -2.26. The fraction of sp³-hybridized carbons (Fsp3) is 0.231. The number of rotatable bonds is 6. The molecule has 1 aliphatic heterocycles. The van der Waals surface area contributed by atoms with Crippen LogP contribution in [0.25, 0.3) is 0 Å². The molecule has 4 rings (SSSR count). The SMILES string of the molecule is Cc1ccc(C2=NOC(CN(C)C(=O)C(c3ccccc3)c3ccccc3)C2)cc1. The van der Waals surface area contributed by atoms with Gasteiger partial charge in [-0.3, -0.25) is 4.79 Å². The van der Waals surface area contributed by atoms with Gasteiger partial charge in [-0.25, -0.2) is 0 Å². The molecule has 4 heteroatoms. The van der Waals surface area contributed by atoms with Crippen molar-refractivity contribution in [3.63, 3.8) is 0 Å². The van der Waals surface area contributed by atoms with Gasteiger partial charge < -0.3 is 9.74 Å². The molecule has 1 amide bonds. The number of aryl methyl sites for hydroxylation is 1. The van der Waals surface area contributed by atoms with Gasteiger partial charge in [-0.1, -0.05) is 95.6 Å². The van der Waals surface area contributed by atoms with E-state index >= 15 is 0 Å². The number of nitrogens with zero attached hydrogens (tertiary/aromatic N) is 2. The minimum Gasteiger partial charge on any atom is -0.390 e. The van der Waals surface area contributed by atoms with Crippen LogP contribution < -0.4 is 0 Å². The molecule has 1 aliphatic rings. The van der Waals surface area contributed by atoms with Crippen molar-refractivity contribution in [2.24, 2.45) is 5.16 Å². The second kappa shape index (κ2) is 8.95. The molecular formula is C26H26N2O2. The van der Waals surface area contributed by atoms with Gasteiger partial charge in [0.1, 0.15) is 0 Å². The number of amides is 1. The van der Waals surface area contributed by atoms with Gasteiger partial charge in [-0.15, -0.1) is 0 Å². The van der Waals surface area contributed by atoms with E-state index < -0.39 is 0 Å². The molecule has 1 unspecified atom stereocenters. The molecule has 0 saturated heterocycles. The predicted octanol–water partition coefficient (Wildman–Crippen LogP) is 4.78. The van der Waals surface area contributed by atoms with Gasteiger partial charge in [0, 0.05) is 13.5 Å². The van der Waals surface area contributed by atoms with Crippen LogP contribution in [0.2, 0.25) is 0 Å². The Labute approximate surface area is 177 Å². The first-order valence-electron chi connectivity index (χ1n) is 10.3. The standard InChI is InChI=1S/C26H26N2O2/c1-19-13-15-20(16-14-19)24-17-23(30-27-24)18-28(2)26(29)25(21-9-5-3-6-10-21)22-11-7-4-8-12-22/h3-16,23,25H,17-18H2,1-2H3. The van der Waals surface area contributed by atoms with Crippen LogP contribution in [-0.4, -0.2) is 36.2 Å². The third kappa shape index (κ3) is 4.43. The van der Waals surface area contributed by atoms with Crippen LogP contribution >= 0.6 is 0 Å². The van der Waals surface area contributed by atoms with Crippen molar-refractivity contribution >= 4 is 11.6 Å². The van der Waals surface area contributed by atoms with E-state index in [9.17, 15) is 4.79 Å². The van der Waals surface area contributed by atoms with Gasteiger partial charge in [-0.2, -0.15) is 0 Å². The van der Waals surface area contributed by atoms with Gasteiger partial charge in [0.25, 0.3) is 0 Å². The summed E-state index contributed by atoms with van der Waals surface area (Å²) in [6.45, 7) is 2.56. The average molecular weight is 399 g/mol. The molecule has 1 heterocycles. The molecule has 0 radical (unpaired) electrons. The summed E-state index contributed by atoms with van der Waals surface area (Å²) in [5, 5.41) is 4.27. The highest BCUT2D eigenvalue weighted by Gasteiger charge is 2.30. The maximum atomic E-state index is 13.5. The van der Waals surface area contributed by atoms with Gasteiger partial charge in [-0.05, 0) is 23.6 Å². The molecule has 0 aliphatic carbocycles. The lowest BCUT2D eigenvalue weighted by Crippen LogP contribution is -2.38. The van der Waals surface area contributed by atoms with Crippen molar-refractivity contribution in [3.05, 3.63) is 107 Å². The Hall–Kier alpha value is -3.40. The van der Waals surface area contributed by atoms with Crippen LogP contribution in [0.4, 0.5) is 0 Å². The predicted molar refractivity (Wildman–Crippen MR) is 120 cm³/mol. The molecule has 0 bridgehead atoms. The molecule has 0 saturated carbocycles. The first-order chi connectivity index (χ1) is 14.6. The van der Waals surface area contributed by atoms with Crippen molar-refractivity contribution in [2.75, 3.05) is 13.6 Å². The Morgan fingerprint density at radius 2 is 1.53 bits per heavy atom. The number of oxime groups is 1. The number of likely N-dealkylation sites (N-methyl/N-ethyl adjacent to an activating group) is 1. The van der Waals surface area contributed by atoms with Crippen LogP contribution in [0.5, 0.6) is 0 Å². The number of carbonyl (C=O) groups excluding carboxylic acids is 1. The zero-order valence-corrected chi connectivity index (χ0v) is 17.4. The number of benzene rings is 3. The zero-order valence-electron chi connectivity index (χ0n) is 17.4. The molecule has 0 aromatic heterocycles. The van der Waals surface area contributed by atoms with Gasteiger partial charge >= 0.3 is 0 Å². The third-order valence-electron chi connectivity index (χ3n) is 5.48. The Balaban J connectivity index is 1.46. The van der Waals surface area contributed by atoms with E-state index in [4.69, 9.17) is 4.84 Å². The van der Waals surface area contributed by atoms with Crippen LogP contribution in [0.15, 0.2) is 90.1 Å². The first kappa shape index (κ1) is 19.9. The van der Waals surface area contributed by atoms with Gasteiger partial charge in [0.2, 0.25) is 5.91 Å². The topological polar surface area (TPSA) is 41.9 Å². The minimum atomic E-state index is -0.337. The zero-order chi connectivity index (χ0) is 20.9. The van der Waals surface area contributed by atoms with Crippen LogP contribution in [0, 0.1) is 6.92 Å². The fourth-order valence-electron chi connectivity index (χ4n) is 3.83.